The maximum absolute atomic E-state index is 6.32. The van der Waals surface area contributed by atoms with Gasteiger partial charge in [-0.2, -0.15) is 4.98 Å². The van der Waals surface area contributed by atoms with E-state index in [1.807, 2.05) is 24.3 Å². The van der Waals surface area contributed by atoms with Crippen molar-refractivity contribution < 1.29 is 9.26 Å². The van der Waals surface area contributed by atoms with Crippen LogP contribution in [0.2, 0.25) is 0 Å². The molecule has 2 N–H and O–H groups in total. The molecule has 0 saturated carbocycles. The minimum atomic E-state index is -0.565. The molecule has 2 aromatic rings. The SMILES string of the molecule is NC1(c2nc(-c3ccccc3Br)no2)CCOCC1. The zero-order valence-corrected chi connectivity index (χ0v) is 11.9. The molecule has 5 nitrogen and oxygen atoms in total. The molecule has 0 atom stereocenters. The molecule has 0 amide bonds. The Morgan fingerprint density at radius 2 is 1.95 bits per heavy atom. The number of nitrogens with two attached hydrogens (primary N) is 1. The predicted octanol–water partition coefficient (Wildman–Crippen LogP) is 2.46. The van der Waals surface area contributed by atoms with Crippen molar-refractivity contribution in [2.75, 3.05) is 13.2 Å². The second kappa shape index (κ2) is 5.03. The maximum Gasteiger partial charge on any atom is 0.247 e. The lowest BCUT2D eigenvalue weighted by Gasteiger charge is -2.29. The summed E-state index contributed by atoms with van der Waals surface area (Å²) >= 11 is 3.48. The predicted molar refractivity (Wildman–Crippen MR) is 73.4 cm³/mol. The normalized spacial score (nSPS) is 18.4. The first kappa shape index (κ1) is 12.8. The molecule has 1 aliphatic heterocycles. The van der Waals surface area contributed by atoms with Gasteiger partial charge in [0.2, 0.25) is 11.7 Å². The van der Waals surface area contributed by atoms with Gasteiger partial charge in [-0.05, 0) is 25.0 Å². The van der Waals surface area contributed by atoms with Crippen LogP contribution >= 0.6 is 15.9 Å². The zero-order valence-electron chi connectivity index (χ0n) is 10.3. The van der Waals surface area contributed by atoms with E-state index in [4.69, 9.17) is 15.0 Å². The summed E-state index contributed by atoms with van der Waals surface area (Å²) in [5.74, 6) is 1.04. The smallest absolute Gasteiger partial charge is 0.247 e. The van der Waals surface area contributed by atoms with Crippen LogP contribution in [0.5, 0.6) is 0 Å². The number of ether oxygens (including phenoxy) is 1. The molecule has 19 heavy (non-hydrogen) atoms. The highest BCUT2D eigenvalue weighted by Gasteiger charge is 2.36. The van der Waals surface area contributed by atoms with Crippen molar-refractivity contribution in [1.29, 1.82) is 0 Å². The Morgan fingerprint density at radius 1 is 1.21 bits per heavy atom. The molecule has 1 fully saturated rings. The monoisotopic (exact) mass is 323 g/mol. The second-order valence-electron chi connectivity index (χ2n) is 4.67. The molecule has 0 bridgehead atoms. The Morgan fingerprint density at radius 3 is 2.68 bits per heavy atom. The number of rotatable bonds is 2. The average molecular weight is 324 g/mol. The van der Waals surface area contributed by atoms with Crippen LogP contribution in [0.25, 0.3) is 11.4 Å². The highest BCUT2D eigenvalue weighted by molar-refractivity contribution is 9.10. The number of benzene rings is 1. The van der Waals surface area contributed by atoms with Gasteiger partial charge in [-0.25, -0.2) is 0 Å². The fraction of sp³-hybridized carbons (Fsp3) is 0.385. The molecular weight excluding hydrogens is 310 g/mol. The molecule has 0 spiro atoms. The van der Waals surface area contributed by atoms with Crippen molar-refractivity contribution in [3.8, 4) is 11.4 Å². The first-order chi connectivity index (χ1) is 9.19. The number of aromatic nitrogens is 2. The third-order valence-corrected chi connectivity index (χ3v) is 4.04. The van der Waals surface area contributed by atoms with E-state index in [0.717, 1.165) is 10.0 Å². The van der Waals surface area contributed by atoms with Gasteiger partial charge >= 0.3 is 0 Å². The van der Waals surface area contributed by atoms with Gasteiger partial charge in [0.1, 0.15) is 5.54 Å². The van der Waals surface area contributed by atoms with Crippen molar-refractivity contribution in [2.24, 2.45) is 5.73 Å². The van der Waals surface area contributed by atoms with Crippen LogP contribution in [0.1, 0.15) is 18.7 Å². The van der Waals surface area contributed by atoms with Crippen molar-refractivity contribution in [3.05, 3.63) is 34.6 Å². The van der Waals surface area contributed by atoms with Gasteiger partial charge < -0.3 is 15.0 Å². The lowest BCUT2D eigenvalue weighted by Crippen LogP contribution is -2.42. The van der Waals surface area contributed by atoms with Crippen LogP contribution in [0.3, 0.4) is 0 Å². The van der Waals surface area contributed by atoms with Crippen molar-refractivity contribution >= 4 is 15.9 Å². The molecule has 6 heteroatoms. The first-order valence-corrected chi connectivity index (χ1v) is 6.94. The fourth-order valence-corrected chi connectivity index (χ4v) is 2.59. The number of hydrogen-bond acceptors (Lipinski definition) is 5. The van der Waals surface area contributed by atoms with Crippen molar-refractivity contribution in [2.45, 2.75) is 18.4 Å². The molecule has 3 rings (SSSR count). The zero-order chi connectivity index (χ0) is 13.3. The Hall–Kier alpha value is -1.24. The molecule has 0 aliphatic carbocycles. The summed E-state index contributed by atoms with van der Waals surface area (Å²) in [4.78, 5) is 4.45. The standard InChI is InChI=1S/C13H14BrN3O2/c14-10-4-2-1-3-9(10)11-16-12(19-17-11)13(15)5-7-18-8-6-13/h1-4H,5-8,15H2. The third-order valence-electron chi connectivity index (χ3n) is 3.35. The van der Waals surface area contributed by atoms with Crippen molar-refractivity contribution in [3.63, 3.8) is 0 Å². The minimum absolute atomic E-state index is 0.488. The summed E-state index contributed by atoms with van der Waals surface area (Å²) in [7, 11) is 0. The molecule has 1 aromatic carbocycles. The van der Waals surface area contributed by atoms with E-state index in [0.29, 0.717) is 37.8 Å². The van der Waals surface area contributed by atoms with Crippen molar-refractivity contribution in [1.82, 2.24) is 10.1 Å². The van der Waals surface area contributed by atoms with Crippen LogP contribution in [0.15, 0.2) is 33.3 Å². The van der Waals surface area contributed by atoms with Gasteiger partial charge in [0, 0.05) is 23.2 Å². The summed E-state index contributed by atoms with van der Waals surface area (Å²) in [6, 6.07) is 7.75. The Balaban J connectivity index is 1.93. The van der Waals surface area contributed by atoms with E-state index in [9.17, 15) is 0 Å². The topological polar surface area (TPSA) is 74.2 Å². The van der Waals surface area contributed by atoms with E-state index < -0.39 is 5.54 Å². The van der Waals surface area contributed by atoms with Gasteiger partial charge in [-0.3, -0.25) is 0 Å². The average Bonchev–Trinajstić information content (AvgIpc) is 2.90. The minimum Gasteiger partial charge on any atom is -0.381 e. The molecule has 2 heterocycles. The lowest BCUT2D eigenvalue weighted by atomic mass is 9.91. The molecule has 0 unspecified atom stereocenters. The van der Waals surface area contributed by atoms with Crippen LogP contribution in [-0.2, 0) is 10.3 Å². The van der Waals surface area contributed by atoms with Gasteiger partial charge in [-0.15, -0.1) is 0 Å². The molecule has 100 valence electrons. The summed E-state index contributed by atoms with van der Waals surface area (Å²) in [5.41, 5.74) is 6.65. The number of hydrogen-bond donors (Lipinski definition) is 1. The second-order valence-corrected chi connectivity index (χ2v) is 5.53. The van der Waals surface area contributed by atoms with E-state index in [1.54, 1.807) is 0 Å². The molecule has 1 aromatic heterocycles. The maximum atomic E-state index is 6.32. The van der Waals surface area contributed by atoms with Gasteiger partial charge in [0.25, 0.3) is 0 Å². The fourth-order valence-electron chi connectivity index (χ4n) is 2.13. The highest BCUT2D eigenvalue weighted by Crippen LogP contribution is 2.31. The van der Waals surface area contributed by atoms with E-state index >= 15 is 0 Å². The Kier molecular flexibility index (Phi) is 3.38. The van der Waals surface area contributed by atoms with Crippen LogP contribution in [-0.4, -0.2) is 23.4 Å². The molecule has 1 aliphatic rings. The first-order valence-electron chi connectivity index (χ1n) is 6.15. The van der Waals surface area contributed by atoms with Crippen LogP contribution in [0, 0.1) is 0 Å². The Bertz CT molecular complexity index is 579. The quantitative estimate of drug-likeness (QED) is 0.918. The largest absolute Gasteiger partial charge is 0.381 e. The van der Waals surface area contributed by atoms with Crippen LogP contribution < -0.4 is 5.73 Å². The number of nitrogens with zero attached hydrogens (tertiary/aromatic N) is 2. The number of halogens is 1. The summed E-state index contributed by atoms with van der Waals surface area (Å²) in [6.07, 6.45) is 1.40. The summed E-state index contributed by atoms with van der Waals surface area (Å²) in [5, 5.41) is 4.03. The van der Waals surface area contributed by atoms with Gasteiger partial charge in [0.15, 0.2) is 0 Å². The van der Waals surface area contributed by atoms with E-state index in [-0.39, 0.29) is 0 Å². The molecule has 0 radical (unpaired) electrons. The Labute approximate surface area is 119 Å². The summed E-state index contributed by atoms with van der Waals surface area (Å²) in [6.45, 7) is 1.26. The molecule has 1 saturated heterocycles. The molecular formula is C13H14BrN3O2. The van der Waals surface area contributed by atoms with E-state index in [1.165, 1.54) is 0 Å². The van der Waals surface area contributed by atoms with E-state index in [2.05, 4.69) is 26.1 Å². The highest BCUT2D eigenvalue weighted by atomic mass is 79.9. The van der Waals surface area contributed by atoms with Gasteiger partial charge in [0.05, 0.1) is 0 Å². The van der Waals surface area contributed by atoms with Crippen LogP contribution in [0.4, 0.5) is 0 Å². The summed E-state index contributed by atoms with van der Waals surface area (Å²) < 4.78 is 11.6. The lowest BCUT2D eigenvalue weighted by molar-refractivity contribution is 0.0400. The third kappa shape index (κ3) is 2.43. The van der Waals surface area contributed by atoms with Gasteiger partial charge in [-0.1, -0.05) is 33.2 Å².